The molecule has 0 aliphatic carbocycles. The number of piperidine rings is 1. The molecule has 1 amide bonds. The van der Waals surface area contributed by atoms with E-state index in [1.165, 1.54) is 12.1 Å². The minimum Gasteiger partial charge on any atom is -0.369 e. The van der Waals surface area contributed by atoms with E-state index in [-0.39, 0.29) is 0 Å². The van der Waals surface area contributed by atoms with Gasteiger partial charge < -0.3 is 9.80 Å². The third kappa shape index (κ3) is 5.05. The first kappa shape index (κ1) is 18.9. The van der Waals surface area contributed by atoms with Gasteiger partial charge in [0.2, 0.25) is 5.91 Å². The molecule has 138 valence electrons. The van der Waals surface area contributed by atoms with Crippen molar-refractivity contribution >= 4 is 35.0 Å². The van der Waals surface area contributed by atoms with Crippen LogP contribution in [0, 0.1) is 0 Å². The molecule has 0 saturated carbocycles. The molecule has 25 heavy (non-hydrogen) atoms. The number of carbonyl (C=O) groups is 1. The van der Waals surface area contributed by atoms with Crippen molar-refractivity contribution in [2.75, 3.05) is 56.2 Å². The highest BCUT2D eigenvalue weighted by atomic mass is 35.5. The van der Waals surface area contributed by atoms with Crippen LogP contribution in [0.15, 0.2) is 24.3 Å². The maximum Gasteiger partial charge on any atom is 0.223 e. The van der Waals surface area contributed by atoms with Crippen LogP contribution in [0.5, 0.6) is 0 Å². The molecule has 0 spiro atoms. The first-order valence-corrected chi connectivity index (χ1v) is 11.0. The molecule has 1 aromatic rings. The van der Waals surface area contributed by atoms with Gasteiger partial charge in [0, 0.05) is 68.2 Å². The molecular formula is C19H28ClN3OS. The van der Waals surface area contributed by atoms with Crippen LogP contribution in [-0.2, 0) is 4.79 Å². The number of thioether (sulfide) groups is 1. The molecule has 3 rings (SSSR count). The molecule has 4 nitrogen and oxygen atoms in total. The van der Waals surface area contributed by atoms with Crippen LogP contribution in [-0.4, -0.2) is 73.0 Å². The van der Waals surface area contributed by atoms with Crippen molar-refractivity contribution in [3.05, 3.63) is 29.3 Å². The zero-order valence-corrected chi connectivity index (χ0v) is 16.6. The van der Waals surface area contributed by atoms with Gasteiger partial charge in [0.1, 0.15) is 0 Å². The summed E-state index contributed by atoms with van der Waals surface area (Å²) in [6, 6.07) is 8.64. The van der Waals surface area contributed by atoms with E-state index < -0.39 is 0 Å². The highest BCUT2D eigenvalue weighted by molar-refractivity contribution is 7.98. The van der Waals surface area contributed by atoms with Gasteiger partial charge in [-0.1, -0.05) is 17.7 Å². The Bertz CT molecular complexity index is 578. The van der Waals surface area contributed by atoms with Gasteiger partial charge in [0.25, 0.3) is 0 Å². The second-order valence-corrected chi connectivity index (χ2v) is 8.30. The third-order valence-corrected chi connectivity index (χ3v) is 6.12. The summed E-state index contributed by atoms with van der Waals surface area (Å²) in [5, 5.41) is 0.798. The largest absolute Gasteiger partial charge is 0.369 e. The molecule has 2 aliphatic heterocycles. The Balaban J connectivity index is 1.51. The Labute approximate surface area is 160 Å². The summed E-state index contributed by atoms with van der Waals surface area (Å²) < 4.78 is 0. The summed E-state index contributed by atoms with van der Waals surface area (Å²) in [5.74, 6) is 1.26. The summed E-state index contributed by atoms with van der Waals surface area (Å²) in [4.78, 5) is 19.4. The normalized spacial score (nSPS) is 22.2. The number of likely N-dealkylation sites (tertiary alicyclic amines) is 1. The SMILES string of the molecule is CSCCC(=O)N1CCCC(N2CCN(c3cccc(Cl)c3)CC2)C1. The topological polar surface area (TPSA) is 26.8 Å². The molecule has 0 N–H and O–H groups in total. The molecule has 0 bridgehead atoms. The first-order chi connectivity index (χ1) is 12.2. The lowest BCUT2D eigenvalue weighted by Gasteiger charge is -2.44. The standard InChI is InChI=1S/C19H28ClN3OS/c1-25-13-7-19(24)23-8-3-6-18(15-23)22-11-9-21(10-12-22)17-5-2-4-16(20)14-17/h2,4-5,14,18H,3,6-13,15H2,1H3. The van der Waals surface area contributed by atoms with Crippen LogP contribution in [0.4, 0.5) is 5.69 Å². The molecule has 1 atom stereocenters. The number of amides is 1. The van der Waals surface area contributed by atoms with Crippen LogP contribution in [0.2, 0.25) is 5.02 Å². The van der Waals surface area contributed by atoms with Crippen molar-refractivity contribution < 1.29 is 4.79 Å². The molecular weight excluding hydrogens is 354 g/mol. The van der Waals surface area contributed by atoms with Gasteiger partial charge in [-0.25, -0.2) is 0 Å². The number of rotatable bonds is 5. The molecule has 0 radical (unpaired) electrons. The van der Waals surface area contributed by atoms with Crippen LogP contribution >= 0.6 is 23.4 Å². The Hall–Kier alpha value is -0.910. The number of hydrogen-bond acceptors (Lipinski definition) is 4. The maximum atomic E-state index is 12.3. The van der Waals surface area contributed by atoms with Crippen molar-refractivity contribution in [1.29, 1.82) is 0 Å². The number of carbonyl (C=O) groups excluding carboxylic acids is 1. The average molecular weight is 382 g/mol. The predicted molar refractivity (Wildman–Crippen MR) is 108 cm³/mol. The van der Waals surface area contributed by atoms with Crippen LogP contribution in [0.25, 0.3) is 0 Å². The van der Waals surface area contributed by atoms with Crippen molar-refractivity contribution in [3.8, 4) is 0 Å². The Morgan fingerprint density at radius 3 is 2.76 bits per heavy atom. The number of halogens is 1. The summed E-state index contributed by atoms with van der Waals surface area (Å²) in [5.41, 5.74) is 1.21. The smallest absolute Gasteiger partial charge is 0.223 e. The lowest BCUT2D eigenvalue weighted by molar-refractivity contribution is -0.132. The van der Waals surface area contributed by atoms with E-state index in [4.69, 9.17) is 11.6 Å². The monoisotopic (exact) mass is 381 g/mol. The zero-order chi connectivity index (χ0) is 17.6. The molecule has 1 unspecified atom stereocenters. The summed E-state index contributed by atoms with van der Waals surface area (Å²) in [7, 11) is 0. The maximum absolute atomic E-state index is 12.3. The van der Waals surface area contributed by atoms with Gasteiger partial charge in [-0.3, -0.25) is 9.69 Å². The van der Waals surface area contributed by atoms with E-state index in [0.29, 0.717) is 18.4 Å². The van der Waals surface area contributed by atoms with Crippen LogP contribution in [0.1, 0.15) is 19.3 Å². The van der Waals surface area contributed by atoms with E-state index in [0.717, 1.165) is 56.5 Å². The predicted octanol–water partition coefficient (Wildman–Crippen LogP) is 3.21. The molecule has 1 aromatic carbocycles. The van der Waals surface area contributed by atoms with E-state index >= 15 is 0 Å². The van der Waals surface area contributed by atoms with Crippen molar-refractivity contribution in [2.24, 2.45) is 0 Å². The van der Waals surface area contributed by atoms with Gasteiger partial charge in [0.05, 0.1) is 0 Å². The van der Waals surface area contributed by atoms with Crippen molar-refractivity contribution in [1.82, 2.24) is 9.80 Å². The fraction of sp³-hybridized carbons (Fsp3) is 0.632. The molecule has 2 heterocycles. The van der Waals surface area contributed by atoms with Gasteiger partial charge >= 0.3 is 0 Å². The fourth-order valence-corrected chi connectivity index (χ4v) is 4.41. The molecule has 2 saturated heterocycles. The van der Waals surface area contributed by atoms with Crippen LogP contribution in [0.3, 0.4) is 0 Å². The van der Waals surface area contributed by atoms with Gasteiger partial charge in [0.15, 0.2) is 0 Å². The lowest BCUT2D eigenvalue weighted by atomic mass is 10.0. The summed E-state index contributed by atoms with van der Waals surface area (Å²) in [6.45, 7) is 6.01. The molecule has 2 fully saturated rings. The second kappa shape index (κ2) is 9.15. The highest BCUT2D eigenvalue weighted by Crippen LogP contribution is 2.23. The van der Waals surface area contributed by atoms with Crippen molar-refractivity contribution in [2.45, 2.75) is 25.3 Å². The van der Waals surface area contributed by atoms with Crippen LogP contribution < -0.4 is 4.90 Å². The summed E-state index contributed by atoms with van der Waals surface area (Å²) in [6.07, 6.45) is 5.08. The minimum atomic E-state index is 0.330. The highest BCUT2D eigenvalue weighted by Gasteiger charge is 2.29. The second-order valence-electron chi connectivity index (χ2n) is 6.88. The first-order valence-electron chi connectivity index (χ1n) is 9.18. The minimum absolute atomic E-state index is 0.330. The Morgan fingerprint density at radius 1 is 1.24 bits per heavy atom. The number of hydrogen-bond donors (Lipinski definition) is 0. The van der Waals surface area contributed by atoms with Gasteiger partial charge in [-0.15, -0.1) is 0 Å². The number of nitrogens with zero attached hydrogens (tertiary/aromatic N) is 3. The summed E-state index contributed by atoms with van der Waals surface area (Å²) >= 11 is 7.87. The number of benzene rings is 1. The Morgan fingerprint density at radius 2 is 2.04 bits per heavy atom. The molecule has 6 heteroatoms. The van der Waals surface area contributed by atoms with Crippen molar-refractivity contribution in [3.63, 3.8) is 0 Å². The molecule has 2 aliphatic rings. The Kier molecular flexibility index (Phi) is 6.91. The number of piperazine rings is 1. The third-order valence-electron chi connectivity index (χ3n) is 5.27. The quantitative estimate of drug-likeness (QED) is 0.782. The van der Waals surface area contributed by atoms with E-state index in [9.17, 15) is 4.79 Å². The van der Waals surface area contributed by atoms with E-state index in [1.807, 2.05) is 18.2 Å². The zero-order valence-electron chi connectivity index (χ0n) is 15.0. The number of anilines is 1. The fourth-order valence-electron chi connectivity index (χ4n) is 3.84. The average Bonchev–Trinajstić information content (AvgIpc) is 2.66. The van der Waals surface area contributed by atoms with Gasteiger partial charge in [-0.2, -0.15) is 11.8 Å². The lowest BCUT2D eigenvalue weighted by Crippen LogP contribution is -2.55. The van der Waals surface area contributed by atoms with E-state index in [1.54, 1.807) is 11.8 Å². The molecule has 0 aromatic heterocycles. The van der Waals surface area contributed by atoms with E-state index in [2.05, 4.69) is 27.0 Å². The van der Waals surface area contributed by atoms with Gasteiger partial charge in [-0.05, 0) is 37.3 Å².